The van der Waals surface area contributed by atoms with Gasteiger partial charge in [0.1, 0.15) is 0 Å². The number of hydrazine groups is 1. The Morgan fingerprint density at radius 1 is 1.43 bits per heavy atom. The second-order valence-electron chi connectivity index (χ2n) is 2.41. The quantitative estimate of drug-likeness (QED) is 0.374. The van der Waals surface area contributed by atoms with Crippen LogP contribution < -0.4 is 11.3 Å². The van der Waals surface area contributed by atoms with Gasteiger partial charge in [-0.05, 0) is 12.1 Å². The van der Waals surface area contributed by atoms with Gasteiger partial charge in [-0.15, -0.1) is 11.8 Å². The van der Waals surface area contributed by atoms with Crippen LogP contribution in [0.25, 0.3) is 0 Å². The molecule has 0 aliphatic rings. The molecule has 0 unspecified atom stereocenters. The van der Waals surface area contributed by atoms with Crippen molar-refractivity contribution in [2.24, 2.45) is 5.84 Å². The van der Waals surface area contributed by atoms with E-state index in [4.69, 9.17) is 29.0 Å². The molecule has 0 saturated carbocycles. The molecule has 3 N–H and O–H groups in total. The van der Waals surface area contributed by atoms with Crippen LogP contribution in [0.4, 0.5) is 0 Å². The monoisotopic (exact) mass is 250 g/mol. The molecule has 76 valence electrons. The van der Waals surface area contributed by atoms with Crippen molar-refractivity contribution in [1.29, 1.82) is 0 Å². The summed E-state index contributed by atoms with van der Waals surface area (Å²) in [7, 11) is 0. The molecular formula is C8H8Cl2N2OS. The van der Waals surface area contributed by atoms with E-state index in [-0.39, 0.29) is 11.7 Å². The molecular weight excluding hydrogens is 243 g/mol. The van der Waals surface area contributed by atoms with Gasteiger partial charge in [-0.2, -0.15) is 0 Å². The molecule has 0 heterocycles. The Morgan fingerprint density at radius 2 is 2.00 bits per heavy atom. The van der Waals surface area contributed by atoms with Crippen LogP contribution in [0.1, 0.15) is 0 Å². The van der Waals surface area contributed by atoms with E-state index in [0.717, 1.165) is 0 Å². The lowest BCUT2D eigenvalue weighted by Gasteiger charge is -2.05. The molecule has 1 amide bonds. The fourth-order valence-corrected chi connectivity index (χ4v) is 2.30. The highest BCUT2D eigenvalue weighted by Gasteiger charge is 2.07. The number of nitrogens with one attached hydrogen (secondary N) is 1. The summed E-state index contributed by atoms with van der Waals surface area (Å²) >= 11 is 13.0. The zero-order valence-electron chi connectivity index (χ0n) is 7.09. The Morgan fingerprint density at radius 3 is 2.50 bits per heavy atom. The van der Waals surface area contributed by atoms with Crippen LogP contribution in [0.2, 0.25) is 10.0 Å². The van der Waals surface area contributed by atoms with E-state index >= 15 is 0 Å². The van der Waals surface area contributed by atoms with Crippen LogP contribution in [-0.4, -0.2) is 11.7 Å². The summed E-state index contributed by atoms with van der Waals surface area (Å²) < 4.78 is 0. The predicted molar refractivity (Wildman–Crippen MR) is 59.5 cm³/mol. The van der Waals surface area contributed by atoms with Gasteiger partial charge in [-0.25, -0.2) is 5.84 Å². The van der Waals surface area contributed by atoms with E-state index in [2.05, 4.69) is 0 Å². The maximum absolute atomic E-state index is 10.9. The number of rotatable bonds is 3. The lowest BCUT2D eigenvalue weighted by atomic mass is 10.4. The van der Waals surface area contributed by atoms with Gasteiger partial charge >= 0.3 is 0 Å². The molecule has 14 heavy (non-hydrogen) atoms. The molecule has 6 heteroatoms. The minimum atomic E-state index is -0.272. The summed E-state index contributed by atoms with van der Waals surface area (Å²) in [4.78, 5) is 11.6. The SMILES string of the molecule is NNC(=O)CSc1c(Cl)cccc1Cl. The number of thioether (sulfide) groups is 1. The normalized spacial score (nSPS) is 9.93. The first-order valence-electron chi connectivity index (χ1n) is 3.71. The number of amides is 1. The Hall–Kier alpha value is -0.420. The molecule has 0 aliphatic carbocycles. The second kappa shape index (κ2) is 5.46. The third-order valence-corrected chi connectivity index (χ3v) is 3.42. The molecule has 0 saturated heterocycles. The van der Waals surface area contributed by atoms with E-state index in [1.807, 2.05) is 5.43 Å². The Balaban J connectivity index is 2.71. The number of hydrogen-bond donors (Lipinski definition) is 2. The fraction of sp³-hybridized carbons (Fsp3) is 0.125. The Kier molecular flexibility index (Phi) is 4.54. The molecule has 1 aromatic carbocycles. The van der Waals surface area contributed by atoms with Crippen molar-refractivity contribution >= 4 is 40.9 Å². The first-order valence-corrected chi connectivity index (χ1v) is 5.45. The average molecular weight is 251 g/mol. The first kappa shape index (κ1) is 11.7. The summed E-state index contributed by atoms with van der Waals surface area (Å²) in [5, 5.41) is 1.07. The van der Waals surface area contributed by atoms with Crippen molar-refractivity contribution in [3.8, 4) is 0 Å². The van der Waals surface area contributed by atoms with Gasteiger partial charge in [0.05, 0.1) is 15.8 Å². The van der Waals surface area contributed by atoms with Crippen molar-refractivity contribution in [3.05, 3.63) is 28.2 Å². The maximum Gasteiger partial charge on any atom is 0.244 e. The standard InChI is InChI=1S/C8H8Cl2N2OS/c9-5-2-1-3-6(10)8(5)14-4-7(13)12-11/h1-3H,4,11H2,(H,12,13). The highest BCUT2D eigenvalue weighted by atomic mass is 35.5. The number of hydrogen-bond acceptors (Lipinski definition) is 3. The predicted octanol–water partition coefficient (Wildman–Crippen LogP) is 2.08. The zero-order valence-corrected chi connectivity index (χ0v) is 9.42. The molecule has 3 nitrogen and oxygen atoms in total. The smallest absolute Gasteiger partial charge is 0.244 e. The summed E-state index contributed by atoms with van der Waals surface area (Å²) in [6.07, 6.45) is 0. The molecule has 0 radical (unpaired) electrons. The maximum atomic E-state index is 10.9. The topological polar surface area (TPSA) is 55.1 Å². The van der Waals surface area contributed by atoms with E-state index in [1.54, 1.807) is 18.2 Å². The van der Waals surface area contributed by atoms with Crippen molar-refractivity contribution in [3.63, 3.8) is 0 Å². The molecule has 0 spiro atoms. The molecule has 1 aromatic rings. The van der Waals surface area contributed by atoms with Gasteiger partial charge in [0.15, 0.2) is 0 Å². The van der Waals surface area contributed by atoms with Crippen molar-refractivity contribution in [2.75, 3.05) is 5.75 Å². The van der Waals surface area contributed by atoms with E-state index < -0.39 is 0 Å². The zero-order chi connectivity index (χ0) is 10.6. The first-order chi connectivity index (χ1) is 6.65. The highest BCUT2D eigenvalue weighted by molar-refractivity contribution is 8.00. The molecule has 1 rings (SSSR count). The minimum Gasteiger partial charge on any atom is -0.294 e. The van der Waals surface area contributed by atoms with Crippen LogP contribution in [0.15, 0.2) is 23.1 Å². The van der Waals surface area contributed by atoms with Gasteiger partial charge in [0.2, 0.25) is 5.91 Å². The van der Waals surface area contributed by atoms with Crippen LogP contribution in [-0.2, 0) is 4.79 Å². The summed E-state index contributed by atoms with van der Waals surface area (Å²) in [5.74, 6) is 4.86. The second-order valence-corrected chi connectivity index (χ2v) is 4.21. The third-order valence-electron chi connectivity index (χ3n) is 1.43. The number of carbonyl (C=O) groups excluding carboxylic acids is 1. The van der Waals surface area contributed by atoms with Crippen molar-refractivity contribution < 1.29 is 4.79 Å². The molecule has 0 aliphatic heterocycles. The average Bonchev–Trinajstić information content (AvgIpc) is 2.16. The van der Waals surface area contributed by atoms with E-state index in [9.17, 15) is 4.79 Å². The fourth-order valence-electron chi connectivity index (χ4n) is 0.800. The minimum absolute atomic E-state index is 0.194. The van der Waals surface area contributed by atoms with E-state index in [1.165, 1.54) is 11.8 Å². The Labute approximate surface area is 95.9 Å². The molecule has 0 aromatic heterocycles. The molecule has 0 fully saturated rings. The lowest BCUT2D eigenvalue weighted by Crippen LogP contribution is -2.31. The Bertz CT molecular complexity index is 326. The number of carbonyl (C=O) groups is 1. The van der Waals surface area contributed by atoms with Crippen molar-refractivity contribution in [1.82, 2.24) is 5.43 Å². The molecule has 0 bridgehead atoms. The van der Waals surface area contributed by atoms with E-state index in [0.29, 0.717) is 14.9 Å². The summed E-state index contributed by atoms with van der Waals surface area (Å²) in [6, 6.07) is 5.18. The number of nitrogens with two attached hydrogens (primary N) is 1. The van der Waals surface area contributed by atoms with Crippen molar-refractivity contribution in [2.45, 2.75) is 4.90 Å². The highest BCUT2D eigenvalue weighted by Crippen LogP contribution is 2.33. The van der Waals surface area contributed by atoms with Gasteiger partial charge in [0, 0.05) is 4.90 Å². The third kappa shape index (κ3) is 3.06. The van der Waals surface area contributed by atoms with Gasteiger partial charge in [0.25, 0.3) is 0 Å². The van der Waals surface area contributed by atoms with Crippen LogP contribution in [0.5, 0.6) is 0 Å². The van der Waals surface area contributed by atoms with Gasteiger partial charge < -0.3 is 0 Å². The lowest BCUT2D eigenvalue weighted by molar-refractivity contribution is -0.118. The summed E-state index contributed by atoms with van der Waals surface area (Å²) in [5.41, 5.74) is 2.03. The van der Waals surface area contributed by atoms with Gasteiger partial charge in [-0.1, -0.05) is 29.3 Å². The van der Waals surface area contributed by atoms with Crippen LogP contribution in [0.3, 0.4) is 0 Å². The van der Waals surface area contributed by atoms with Crippen LogP contribution in [0, 0.1) is 0 Å². The molecule has 0 atom stereocenters. The summed E-state index contributed by atoms with van der Waals surface area (Å²) in [6.45, 7) is 0. The number of benzene rings is 1. The largest absolute Gasteiger partial charge is 0.294 e. The van der Waals surface area contributed by atoms with Crippen LogP contribution >= 0.6 is 35.0 Å². The van der Waals surface area contributed by atoms with Gasteiger partial charge in [-0.3, -0.25) is 10.2 Å². The number of halogens is 2.